The third-order valence-corrected chi connectivity index (χ3v) is 3.86. The zero-order valence-electron chi connectivity index (χ0n) is 9.91. The quantitative estimate of drug-likeness (QED) is 0.923. The van der Waals surface area contributed by atoms with Crippen LogP contribution in [0, 0.1) is 18.6 Å². The van der Waals surface area contributed by atoms with E-state index in [9.17, 15) is 8.78 Å². The van der Waals surface area contributed by atoms with Crippen LogP contribution in [-0.2, 0) is 6.42 Å². The molecule has 1 aromatic carbocycles. The van der Waals surface area contributed by atoms with Gasteiger partial charge in [-0.05, 0) is 38.0 Å². The number of aromatic nitrogens is 1. The molecule has 0 radical (unpaired) electrons. The minimum absolute atomic E-state index is 0.112. The minimum atomic E-state index is -0.476. The van der Waals surface area contributed by atoms with E-state index in [0.29, 0.717) is 17.8 Å². The lowest BCUT2D eigenvalue weighted by Gasteiger charge is -1.98. The third kappa shape index (κ3) is 2.73. The van der Waals surface area contributed by atoms with E-state index in [1.165, 1.54) is 11.3 Å². The first-order valence-electron chi connectivity index (χ1n) is 5.64. The van der Waals surface area contributed by atoms with Crippen LogP contribution >= 0.6 is 11.3 Å². The molecule has 0 aliphatic carbocycles. The van der Waals surface area contributed by atoms with E-state index in [2.05, 4.69) is 4.98 Å². The lowest BCUT2D eigenvalue weighted by Crippen LogP contribution is -1.88. The van der Waals surface area contributed by atoms with Crippen LogP contribution in [0.4, 0.5) is 8.78 Å². The number of rotatable bonds is 4. The summed E-state index contributed by atoms with van der Waals surface area (Å²) in [5.41, 5.74) is 1.01. The van der Waals surface area contributed by atoms with Crippen LogP contribution < -0.4 is 0 Å². The molecule has 1 N–H and O–H groups in total. The summed E-state index contributed by atoms with van der Waals surface area (Å²) in [5, 5.41) is 9.28. The molecule has 0 spiro atoms. The summed E-state index contributed by atoms with van der Waals surface area (Å²) < 4.78 is 26.7. The molecule has 18 heavy (non-hydrogen) atoms. The van der Waals surface area contributed by atoms with Crippen LogP contribution in [-0.4, -0.2) is 16.7 Å². The van der Waals surface area contributed by atoms with Gasteiger partial charge in [0.1, 0.15) is 16.6 Å². The Hall–Kier alpha value is -1.33. The Balaban J connectivity index is 2.36. The summed E-state index contributed by atoms with van der Waals surface area (Å²) in [6.07, 6.45) is 1.35. The molecule has 0 atom stereocenters. The highest BCUT2D eigenvalue weighted by Gasteiger charge is 2.13. The molecule has 0 aliphatic rings. The number of halogens is 2. The Kier molecular flexibility index (Phi) is 4.04. The molecule has 2 nitrogen and oxygen atoms in total. The number of hydrogen-bond donors (Lipinski definition) is 1. The van der Waals surface area contributed by atoms with Crippen LogP contribution in [0.15, 0.2) is 18.2 Å². The summed E-state index contributed by atoms with van der Waals surface area (Å²) in [6.45, 7) is 1.95. The topological polar surface area (TPSA) is 33.1 Å². The molecule has 1 aromatic heterocycles. The largest absolute Gasteiger partial charge is 0.396 e. The number of aliphatic hydroxyl groups is 1. The van der Waals surface area contributed by atoms with E-state index < -0.39 is 11.6 Å². The molecule has 2 rings (SSSR count). The van der Waals surface area contributed by atoms with Crippen molar-refractivity contribution >= 4 is 11.3 Å². The SMILES string of the molecule is Cc1nc(-c2cc(F)ccc2F)sc1CCCO. The molecule has 5 heteroatoms. The molecule has 0 amide bonds. The Morgan fingerprint density at radius 2 is 2.11 bits per heavy atom. The zero-order valence-corrected chi connectivity index (χ0v) is 10.7. The Morgan fingerprint density at radius 1 is 1.33 bits per heavy atom. The van der Waals surface area contributed by atoms with E-state index in [-0.39, 0.29) is 12.2 Å². The minimum Gasteiger partial charge on any atom is -0.396 e. The number of aliphatic hydroxyl groups excluding tert-OH is 1. The number of benzene rings is 1. The second-order valence-electron chi connectivity index (χ2n) is 3.98. The molecule has 1 heterocycles. The predicted octanol–water partition coefficient (Wildman–Crippen LogP) is 3.32. The lowest BCUT2D eigenvalue weighted by molar-refractivity contribution is 0.289. The van der Waals surface area contributed by atoms with Gasteiger partial charge in [0.05, 0.1) is 5.69 Å². The summed E-state index contributed by atoms with van der Waals surface area (Å²) in [5.74, 6) is -0.949. The van der Waals surface area contributed by atoms with Crippen LogP contribution in [0.2, 0.25) is 0 Å². The maximum absolute atomic E-state index is 13.6. The second kappa shape index (κ2) is 5.54. The number of hydrogen-bond acceptors (Lipinski definition) is 3. The third-order valence-electron chi connectivity index (χ3n) is 2.61. The maximum Gasteiger partial charge on any atom is 0.133 e. The number of nitrogens with zero attached hydrogens (tertiary/aromatic N) is 1. The van der Waals surface area contributed by atoms with E-state index in [1.54, 1.807) is 0 Å². The molecule has 0 saturated carbocycles. The van der Waals surface area contributed by atoms with Crippen molar-refractivity contribution in [3.8, 4) is 10.6 Å². The van der Waals surface area contributed by atoms with Crippen LogP contribution in [0.5, 0.6) is 0 Å². The number of thiazole rings is 1. The van der Waals surface area contributed by atoms with Crippen molar-refractivity contribution in [3.05, 3.63) is 40.4 Å². The fourth-order valence-electron chi connectivity index (χ4n) is 1.68. The van der Waals surface area contributed by atoms with E-state index in [4.69, 9.17) is 5.11 Å². The fourth-order valence-corrected chi connectivity index (χ4v) is 2.80. The highest BCUT2D eigenvalue weighted by atomic mass is 32.1. The maximum atomic E-state index is 13.6. The van der Waals surface area contributed by atoms with Crippen LogP contribution in [0.3, 0.4) is 0 Å². The molecule has 0 bridgehead atoms. The summed E-state index contributed by atoms with van der Waals surface area (Å²) in [6, 6.07) is 3.35. The van der Waals surface area contributed by atoms with Gasteiger partial charge in [0, 0.05) is 17.0 Å². The highest BCUT2D eigenvalue weighted by Crippen LogP contribution is 2.30. The van der Waals surface area contributed by atoms with Gasteiger partial charge in [0.15, 0.2) is 0 Å². The predicted molar refractivity (Wildman–Crippen MR) is 67.6 cm³/mol. The monoisotopic (exact) mass is 269 g/mol. The van der Waals surface area contributed by atoms with Crippen LogP contribution in [0.25, 0.3) is 10.6 Å². The van der Waals surface area contributed by atoms with Crippen molar-refractivity contribution in [2.45, 2.75) is 19.8 Å². The van der Waals surface area contributed by atoms with Crippen molar-refractivity contribution in [2.24, 2.45) is 0 Å². The van der Waals surface area contributed by atoms with E-state index in [1.807, 2.05) is 6.92 Å². The molecule has 0 saturated heterocycles. The number of aryl methyl sites for hydroxylation is 2. The Labute approximate surface area is 108 Å². The lowest BCUT2D eigenvalue weighted by atomic mass is 10.2. The standard InChI is InChI=1S/C13H13F2NOS/c1-8-12(3-2-6-17)18-13(16-8)10-7-9(14)4-5-11(10)15/h4-5,7,17H,2-3,6H2,1H3. The van der Waals surface area contributed by atoms with Gasteiger partial charge in [0.2, 0.25) is 0 Å². The van der Waals surface area contributed by atoms with Crippen LogP contribution in [0.1, 0.15) is 17.0 Å². The Morgan fingerprint density at radius 3 is 2.83 bits per heavy atom. The first-order valence-corrected chi connectivity index (χ1v) is 6.46. The summed E-state index contributed by atoms with van der Waals surface area (Å²) in [4.78, 5) is 5.27. The van der Waals surface area contributed by atoms with Crippen molar-refractivity contribution in [1.29, 1.82) is 0 Å². The normalized spacial score (nSPS) is 10.9. The molecule has 0 fully saturated rings. The van der Waals surface area contributed by atoms with Gasteiger partial charge in [0.25, 0.3) is 0 Å². The highest BCUT2D eigenvalue weighted by molar-refractivity contribution is 7.15. The van der Waals surface area contributed by atoms with Gasteiger partial charge in [-0.15, -0.1) is 11.3 Å². The van der Waals surface area contributed by atoms with Crippen molar-refractivity contribution in [2.75, 3.05) is 6.61 Å². The molecule has 96 valence electrons. The first-order chi connectivity index (χ1) is 8.61. The second-order valence-corrected chi connectivity index (χ2v) is 5.06. The summed E-state index contributed by atoms with van der Waals surface area (Å²) >= 11 is 1.35. The zero-order chi connectivity index (χ0) is 13.1. The molecular formula is C13H13F2NOS. The van der Waals surface area contributed by atoms with Gasteiger partial charge < -0.3 is 5.11 Å². The Bertz CT molecular complexity index is 554. The summed E-state index contributed by atoms with van der Waals surface area (Å²) in [7, 11) is 0. The molecule has 0 aliphatic heterocycles. The molecule has 2 aromatic rings. The smallest absolute Gasteiger partial charge is 0.133 e. The van der Waals surface area contributed by atoms with Crippen molar-refractivity contribution in [3.63, 3.8) is 0 Å². The van der Waals surface area contributed by atoms with Crippen molar-refractivity contribution < 1.29 is 13.9 Å². The first kappa shape index (κ1) is 13.1. The van der Waals surface area contributed by atoms with Gasteiger partial charge in [-0.1, -0.05) is 0 Å². The van der Waals surface area contributed by atoms with Gasteiger partial charge in [-0.2, -0.15) is 0 Å². The average Bonchev–Trinajstić information content (AvgIpc) is 2.71. The van der Waals surface area contributed by atoms with Gasteiger partial charge in [-0.25, -0.2) is 13.8 Å². The van der Waals surface area contributed by atoms with Crippen molar-refractivity contribution in [1.82, 2.24) is 4.98 Å². The molecule has 0 unspecified atom stereocenters. The van der Waals surface area contributed by atoms with Gasteiger partial charge in [-0.3, -0.25) is 0 Å². The average molecular weight is 269 g/mol. The van der Waals surface area contributed by atoms with Gasteiger partial charge >= 0.3 is 0 Å². The fraction of sp³-hybridized carbons (Fsp3) is 0.308. The van der Waals surface area contributed by atoms with E-state index in [0.717, 1.165) is 28.8 Å². The molecular weight excluding hydrogens is 256 g/mol. The van der Waals surface area contributed by atoms with E-state index >= 15 is 0 Å².